The first-order valence-electron chi connectivity index (χ1n) is 6.44. The molecule has 3 heterocycles. The molecule has 3 rings (SSSR count). The summed E-state index contributed by atoms with van der Waals surface area (Å²) < 4.78 is 8.24. The highest BCUT2D eigenvalue weighted by Crippen LogP contribution is 2.23. The van der Waals surface area contributed by atoms with Crippen LogP contribution < -0.4 is 0 Å². The van der Waals surface area contributed by atoms with Gasteiger partial charge in [-0.1, -0.05) is 5.16 Å². The van der Waals surface area contributed by atoms with Crippen LogP contribution in [0.2, 0.25) is 0 Å². The Balaban J connectivity index is 1.50. The Morgan fingerprint density at radius 3 is 2.79 bits per heavy atom. The third-order valence-electron chi connectivity index (χ3n) is 3.64. The fraction of sp³-hybridized carbons (Fsp3) is 0.538. The molecular formula is C13H17BrN4O. The van der Waals surface area contributed by atoms with Crippen LogP contribution in [0.4, 0.5) is 0 Å². The van der Waals surface area contributed by atoms with Gasteiger partial charge in [0.05, 0.1) is 16.4 Å². The molecule has 0 saturated carbocycles. The van der Waals surface area contributed by atoms with Crippen molar-refractivity contribution >= 4 is 15.9 Å². The molecule has 19 heavy (non-hydrogen) atoms. The van der Waals surface area contributed by atoms with E-state index in [1.807, 2.05) is 30.9 Å². The molecule has 0 unspecified atom stereocenters. The minimum absolute atomic E-state index is 0.687. The van der Waals surface area contributed by atoms with Gasteiger partial charge in [-0.3, -0.25) is 9.58 Å². The van der Waals surface area contributed by atoms with Gasteiger partial charge in [-0.15, -0.1) is 0 Å². The number of hydrogen-bond donors (Lipinski definition) is 0. The molecule has 0 amide bonds. The van der Waals surface area contributed by atoms with Crippen LogP contribution in [-0.2, 0) is 13.1 Å². The van der Waals surface area contributed by atoms with Crippen molar-refractivity contribution in [3.8, 4) is 0 Å². The van der Waals surface area contributed by atoms with Crippen LogP contribution in [0.3, 0.4) is 0 Å². The fourth-order valence-electron chi connectivity index (χ4n) is 2.58. The summed E-state index contributed by atoms with van der Waals surface area (Å²) in [5.74, 6) is 1.63. The zero-order valence-electron chi connectivity index (χ0n) is 11.1. The Labute approximate surface area is 120 Å². The Hall–Kier alpha value is -1.14. The van der Waals surface area contributed by atoms with E-state index in [1.165, 1.54) is 5.56 Å². The summed E-state index contributed by atoms with van der Waals surface area (Å²) >= 11 is 3.42. The summed E-state index contributed by atoms with van der Waals surface area (Å²) in [7, 11) is 0. The van der Waals surface area contributed by atoms with Crippen molar-refractivity contribution in [2.24, 2.45) is 5.92 Å². The van der Waals surface area contributed by atoms with Gasteiger partial charge in [0.25, 0.3) is 0 Å². The second kappa shape index (κ2) is 5.09. The SMILES string of the molecule is Cc1noc(C)c1CN1CC(Cn2cc(Br)cn2)C1. The molecule has 102 valence electrons. The number of likely N-dealkylation sites (tertiary alicyclic amines) is 1. The van der Waals surface area contributed by atoms with Crippen molar-refractivity contribution in [3.63, 3.8) is 0 Å². The standard InChI is InChI=1S/C13H17BrN4O/c1-9-13(10(2)19-16-9)8-17-4-11(5-17)6-18-7-12(14)3-15-18/h3,7,11H,4-6,8H2,1-2H3. The van der Waals surface area contributed by atoms with Gasteiger partial charge in [-0.25, -0.2) is 0 Å². The first-order valence-corrected chi connectivity index (χ1v) is 7.23. The quantitative estimate of drug-likeness (QED) is 0.866. The average molecular weight is 325 g/mol. The van der Waals surface area contributed by atoms with Crippen LogP contribution in [0.15, 0.2) is 21.4 Å². The van der Waals surface area contributed by atoms with Crippen LogP contribution >= 0.6 is 15.9 Å². The van der Waals surface area contributed by atoms with E-state index >= 15 is 0 Å². The topological polar surface area (TPSA) is 47.1 Å². The normalized spacial score (nSPS) is 16.8. The van der Waals surface area contributed by atoms with Gasteiger partial charge in [-0.05, 0) is 29.8 Å². The minimum atomic E-state index is 0.687. The van der Waals surface area contributed by atoms with Crippen LogP contribution in [0.25, 0.3) is 0 Å². The molecule has 1 aliphatic heterocycles. The van der Waals surface area contributed by atoms with Crippen molar-refractivity contribution in [2.45, 2.75) is 26.9 Å². The lowest BCUT2D eigenvalue weighted by Gasteiger charge is -2.39. The third kappa shape index (κ3) is 2.74. The second-order valence-corrected chi connectivity index (χ2v) is 6.16. The van der Waals surface area contributed by atoms with E-state index in [9.17, 15) is 0 Å². The fourth-order valence-corrected chi connectivity index (χ4v) is 2.90. The van der Waals surface area contributed by atoms with Crippen molar-refractivity contribution < 1.29 is 4.52 Å². The van der Waals surface area contributed by atoms with E-state index < -0.39 is 0 Å². The second-order valence-electron chi connectivity index (χ2n) is 5.24. The van der Waals surface area contributed by atoms with E-state index in [0.717, 1.165) is 42.1 Å². The highest BCUT2D eigenvalue weighted by Gasteiger charge is 2.28. The number of aromatic nitrogens is 3. The number of halogens is 1. The monoisotopic (exact) mass is 324 g/mol. The van der Waals surface area contributed by atoms with Gasteiger partial charge >= 0.3 is 0 Å². The number of rotatable bonds is 4. The lowest BCUT2D eigenvalue weighted by molar-refractivity contribution is 0.0771. The van der Waals surface area contributed by atoms with Crippen molar-refractivity contribution in [1.82, 2.24) is 19.8 Å². The van der Waals surface area contributed by atoms with Gasteiger partial charge in [0.15, 0.2) is 0 Å². The number of hydrogen-bond acceptors (Lipinski definition) is 4. The van der Waals surface area contributed by atoms with Gasteiger partial charge < -0.3 is 4.52 Å². The minimum Gasteiger partial charge on any atom is -0.361 e. The van der Waals surface area contributed by atoms with E-state index in [1.54, 1.807) is 0 Å². The lowest BCUT2D eigenvalue weighted by Crippen LogP contribution is -2.47. The zero-order chi connectivity index (χ0) is 13.4. The summed E-state index contributed by atoms with van der Waals surface area (Å²) in [4.78, 5) is 2.43. The summed E-state index contributed by atoms with van der Waals surface area (Å²) in [6.07, 6.45) is 3.86. The summed E-state index contributed by atoms with van der Waals surface area (Å²) in [6, 6.07) is 0. The van der Waals surface area contributed by atoms with Crippen LogP contribution in [0.5, 0.6) is 0 Å². The summed E-state index contributed by atoms with van der Waals surface area (Å²) in [6.45, 7) is 8.14. The molecular weight excluding hydrogens is 308 g/mol. The first kappa shape index (κ1) is 12.9. The molecule has 0 atom stereocenters. The molecule has 2 aromatic rings. The molecule has 2 aromatic heterocycles. The molecule has 0 radical (unpaired) electrons. The van der Waals surface area contributed by atoms with Crippen molar-refractivity contribution in [2.75, 3.05) is 13.1 Å². The molecule has 5 nitrogen and oxygen atoms in total. The lowest BCUT2D eigenvalue weighted by atomic mass is 9.99. The average Bonchev–Trinajstić information content (AvgIpc) is 2.86. The summed E-state index contributed by atoms with van der Waals surface area (Å²) in [5, 5.41) is 8.29. The van der Waals surface area contributed by atoms with Crippen molar-refractivity contribution in [1.29, 1.82) is 0 Å². The molecule has 6 heteroatoms. The maximum absolute atomic E-state index is 5.19. The Kier molecular flexibility index (Phi) is 3.45. The largest absolute Gasteiger partial charge is 0.361 e. The van der Waals surface area contributed by atoms with Gasteiger partial charge in [0.1, 0.15) is 5.76 Å². The molecule has 0 aliphatic carbocycles. The molecule has 0 bridgehead atoms. The predicted molar refractivity (Wildman–Crippen MR) is 74.7 cm³/mol. The van der Waals surface area contributed by atoms with E-state index in [-0.39, 0.29) is 0 Å². The smallest absolute Gasteiger partial charge is 0.138 e. The zero-order valence-corrected chi connectivity index (χ0v) is 12.7. The van der Waals surface area contributed by atoms with E-state index in [2.05, 4.69) is 31.1 Å². The molecule has 1 aliphatic rings. The Morgan fingerprint density at radius 2 is 2.21 bits per heavy atom. The highest BCUT2D eigenvalue weighted by atomic mass is 79.9. The van der Waals surface area contributed by atoms with E-state index in [4.69, 9.17) is 4.52 Å². The molecule has 0 N–H and O–H groups in total. The van der Waals surface area contributed by atoms with Crippen LogP contribution in [0.1, 0.15) is 17.0 Å². The predicted octanol–water partition coefficient (Wildman–Crippen LogP) is 2.38. The molecule has 0 spiro atoms. The highest BCUT2D eigenvalue weighted by molar-refractivity contribution is 9.10. The Morgan fingerprint density at radius 1 is 1.42 bits per heavy atom. The number of nitrogens with zero attached hydrogens (tertiary/aromatic N) is 4. The van der Waals surface area contributed by atoms with Gasteiger partial charge in [0.2, 0.25) is 0 Å². The van der Waals surface area contributed by atoms with Crippen molar-refractivity contribution in [3.05, 3.63) is 33.9 Å². The molecule has 0 aromatic carbocycles. The summed E-state index contributed by atoms with van der Waals surface area (Å²) in [5.41, 5.74) is 2.25. The third-order valence-corrected chi connectivity index (χ3v) is 4.05. The molecule has 1 saturated heterocycles. The maximum Gasteiger partial charge on any atom is 0.138 e. The van der Waals surface area contributed by atoms with E-state index in [0.29, 0.717) is 5.92 Å². The maximum atomic E-state index is 5.19. The van der Waals surface area contributed by atoms with Gasteiger partial charge in [-0.2, -0.15) is 5.10 Å². The Bertz CT molecular complexity index is 551. The first-order chi connectivity index (χ1) is 9.11. The van der Waals surface area contributed by atoms with Crippen LogP contribution in [-0.4, -0.2) is 32.9 Å². The molecule has 1 fully saturated rings. The number of aryl methyl sites for hydroxylation is 2. The van der Waals surface area contributed by atoms with Crippen LogP contribution in [0, 0.1) is 19.8 Å². The van der Waals surface area contributed by atoms with Gasteiger partial charge in [0, 0.05) is 43.9 Å².